The number of carbonyl (C=O) groups excluding carboxylic acids is 1. The van der Waals surface area contributed by atoms with E-state index in [0.29, 0.717) is 0 Å². The molecular weight excluding hydrogens is 220 g/mol. The van der Waals surface area contributed by atoms with Crippen LogP contribution >= 0.6 is 0 Å². The molecule has 4 unspecified atom stereocenters. The summed E-state index contributed by atoms with van der Waals surface area (Å²) in [5, 5.41) is 9.72. The highest BCUT2D eigenvalue weighted by Crippen LogP contribution is 2.43. The summed E-state index contributed by atoms with van der Waals surface area (Å²) < 4.78 is 10.6. The molecule has 2 aliphatic heterocycles. The van der Waals surface area contributed by atoms with Crippen LogP contribution in [0.25, 0.3) is 0 Å². The fourth-order valence-electron chi connectivity index (χ4n) is 2.08. The molecule has 0 saturated carbocycles. The quantitative estimate of drug-likeness (QED) is 0.609. The molecule has 88 valence electrons. The molecule has 1 fully saturated rings. The number of benzene rings is 1. The second kappa shape index (κ2) is 3.98. The first-order valence-corrected chi connectivity index (χ1v) is 5.53. The molecule has 2 heterocycles. The number of epoxide rings is 1. The second-order valence-corrected chi connectivity index (χ2v) is 4.18. The summed E-state index contributed by atoms with van der Waals surface area (Å²) in [5.41, 5.74) is 1.04. The number of cyclic esters (lactones) is 1. The van der Waals surface area contributed by atoms with Gasteiger partial charge in [0.25, 0.3) is 0 Å². The lowest BCUT2D eigenvalue weighted by Gasteiger charge is -2.21. The molecule has 0 spiro atoms. The van der Waals surface area contributed by atoms with Crippen LogP contribution in [0.15, 0.2) is 42.5 Å². The summed E-state index contributed by atoms with van der Waals surface area (Å²) in [6.07, 6.45) is 0.960. The molecule has 1 aromatic rings. The summed E-state index contributed by atoms with van der Waals surface area (Å²) >= 11 is 0. The van der Waals surface area contributed by atoms with E-state index in [9.17, 15) is 9.90 Å². The maximum Gasteiger partial charge on any atom is 0.330 e. The monoisotopic (exact) mass is 232 g/mol. The highest BCUT2D eigenvalue weighted by molar-refractivity contribution is 5.83. The van der Waals surface area contributed by atoms with E-state index in [0.717, 1.165) is 5.56 Å². The third kappa shape index (κ3) is 1.97. The smallest absolute Gasteiger partial charge is 0.330 e. The van der Waals surface area contributed by atoms with Gasteiger partial charge in [0.05, 0.1) is 0 Å². The standard InChI is InChI=1S/C13H12O4/c14-9-6-7-10(15)16-12(9)13-11(17-13)8-4-2-1-3-5-8/h1-7,9,11-14H. The lowest BCUT2D eigenvalue weighted by atomic mass is 10.0. The highest BCUT2D eigenvalue weighted by Gasteiger charge is 2.50. The van der Waals surface area contributed by atoms with Crippen molar-refractivity contribution in [1.82, 2.24) is 0 Å². The van der Waals surface area contributed by atoms with Crippen LogP contribution in [0.5, 0.6) is 0 Å². The first kappa shape index (κ1) is 10.5. The van der Waals surface area contributed by atoms with Crippen molar-refractivity contribution in [1.29, 1.82) is 0 Å². The molecule has 0 aromatic heterocycles. The number of esters is 1. The second-order valence-electron chi connectivity index (χ2n) is 4.18. The number of hydrogen-bond donors (Lipinski definition) is 1. The Hall–Kier alpha value is -1.65. The van der Waals surface area contributed by atoms with E-state index in [4.69, 9.17) is 9.47 Å². The Morgan fingerprint density at radius 2 is 1.88 bits per heavy atom. The molecule has 0 aliphatic carbocycles. The first-order chi connectivity index (χ1) is 8.25. The number of rotatable bonds is 2. The number of ether oxygens (including phenoxy) is 2. The topological polar surface area (TPSA) is 59.1 Å². The minimum absolute atomic E-state index is 0.0878. The SMILES string of the molecule is O=C1C=CC(O)C(C2OC2c2ccccc2)O1. The van der Waals surface area contributed by atoms with Crippen molar-refractivity contribution >= 4 is 5.97 Å². The van der Waals surface area contributed by atoms with Gasteiger partial charge in [0.15, 0.2) is 6.10 Å². The summed E-state index contributed by atoms with van der Waals surface area (Å²) in [4.78, 5) is 11.1. The molecule has 1 aromatic carbocycles. The summed E-state index contributed by atoms with van der Waals surface area (Å²) in [6.45, 7) is 0. The van der Waals surface area contributed by atoms with Gasteiger partial charge >= 0.3 is 5.97 Å². The van der Waals surface area contributed by atoms with Crippen molar-refractivity contribution in [3.05, 3.63) is 48.0 Å². The van der Waals surface area contributed by atoms with Gasteiger partial charge in [-0.3, -0.25) is 0 Å². The molecule has 0 amide bonds. The zero-order valence-corrected chi connectivity index (χ0v) is 9.02. The summed E-state index contributed by atoms with van der Waals surface area (Å²) in [7, 11) is 0. The molecule has 1 saturated heterocycles. The molecule has 3 rings (SSSR count). The van der Waals surface area contributed by atoms with Crippen LogP contribution < -0.4 is 0 Å². The normalized spacial score (nSPS) is 35.5. The van der Waals surface area contributed by atoms with Crippen LogP contribution in [-0.4, -0.2) is 29.4 Å². The Labute approximate surface area is 98.5 Å². The van der Waals surface area contributed by atoms with E-state index >= 15 is 0 Å². The lowest BCUT2D eigenvalue weighted by molar-refractivity contribution is -0.150. The van der Waals surface area contributed by atoms with E-state index in [2.05, 4.69) is 0 Å². The zero-order chi connectivity index (χ0) is 11.8. The predicted molar refractivity (Wildman–Crippen MR) is 59.1 cm³/mol. The molecule has 1 N–H and O–H groups in total. The largest absolute Gasteiger partial charge is 0.453 e. The number of aliphatic hydroxyl groups is 1. The molecule has 2 aliphatic rings. The van der Waals surface area contributed by atoms with Crippen molar-refractivity contribution in [3.63, 3.8) is 0 Å². The van der Waals surface area contributed by atoms with Crippen LogP contribution in [0.1, 0.15) is 11.7 Å². The van der Waals surface area contributed by atoms with Crippen LogP contribution in [-0.2, 0) is 14.3 Å². The van der Waals surface area contributed by atoms with E-state index in [-0.39, 0.29) is 12.2 Å². The van der Waals surface area contributed by atoms with Crippen LogP contribution in [0.4, 0.5) is 0 Å². The Bertz CT molecular complexity index is 454. The number of hydrogen-bond acceptors (Lipinski definition) is 4. The van der Waals surface area contributed by atoms with Gasteiger partial charge in [-0.25, -0.2) is 4.79 Å². The van der Waals surface area contributed by atoms with Gasteiger partial charge in [-0.1, -0.05) is 30.3 Å². The molecule has 4 atom stereocenters. The number of aliphatic hydroxyl groups excluding tert-OH is 1. The van der Waals surface area contributed by atoms with E-state index < -0.39 is 18.2 Å². The third-order valence-electron chi connectivity index (χ3n) is 3.00. The Balaban J connectivity index is 1.73. The molecule has 17 heavy (non-hydrogen) atoms. The molecular formula is C13H12O4. The average Bonchev–Trinajstić information content (AvgIpc) is 3.13. The van der Waals surface area contributed by atoms with Gasteiger partial charge in [-0.15, -0.1) is 0 Å². The fourth-order valence-corrected chi connectivity index (χ4v) is 2.08. The number of carbonyl (C=O) groups is 1. The van der Waals surface area contributed by atoms with Gasteiger partial charge < -0.3 is 14.6 Å². The Morgan fingerprint density at radius 3 is 2.65 bits per heavy atom. The lowest BCUT2D eigenvalue weighted by Crippen LogP contribution is -2.37. The first-order valence-electron chi connectivity index (χ1n) is 5.53. The predicted octanol–water partition coefficient (Wildman–Crippen LogP) is 0.969. The van der Waals surface area contributed by atoms with E-state index in [1.54, 1.807) is 0 Å². The van der Waals surface area contributed by atoms with Crippen molar-refractivity contribution < 1.29 is 19.4 Å². The van der Waals surface area contributed by atoms with Gasteiger partial charge in [0, 0.05) is 6.08 Å². The van der Waals surface area contributed by atoms with Gasteiger partial charge in [-0.2, -0.15) is 0 Å². The van der Waals surface area contributed by atoms with Crippen LogP contribution in [0, 0.1) is 0 Å². The maximum absolute atomic E-state index is 11.1. The fraction of sp³-hybridized carbons (Fsp3) is 0.308. The van der Waals surface area contributed by atoms with Crippen molar-refractivity contribution in [2.45, 2.75) is 24.4 Å². The van der Waals surface area contributed by atoms with Gasteiger partial charge in [-0.05, 0) is 11.6 Å². The minimum atomic E-state index is -0.786. The molecule has 0 radical (unpaired) electrons. The average molecular weight is 232 g/mol. The van der Waals surface area contributed by atoms with Crippen molar-refractivity contribution in [2.75, 3.05) is 0 Å². The Morgan fingerprint density at radius 1 is 1.12 bits per heavy atom. The third-order valence-corrected chi connectivity index (χ3v) is 3.00. The van der Waals surface area contributed by atoms with Crippen LogP contribution in [0.2, 0.25) is 0 Å². The minimum Gasteiger partial charge on any atom is -0.453 e. The highest BCUT2D eigenvalue weighted by atomic mass is 16.6. The molecule has 4 nitrogen and oxygen atoms in total. The van der Waals surface area contributed by atoms with Gasteiger partial charge in [0.1, 0.15) is 18.3 Å². The zero-order valence-electron chi connectivity index (χ0n) is 9.02. The van der Waals surface area contributed by atoms with E-state index in [1.807, 2.05) is 30.3 Å². The van der Waals surface area contributed by atoms with Crippen LogP contribution in [0.3, 0.4) is 0 Å². The van der Waals surface area contributed by atoms with E-state index in [1.165, 1.54) is 12.2 Å². The van der Waals surface area contributed by atoms with Crippen molar-refractivity contribution in [3.8, 4) is 0 Å². The van der Waals surface area contributed by atoms with Crippen molar-refractivity contribution in [2.24, 2.45) is 0 Å². The summed E-state index contributed by atoms with van der Waals surface area (Å²) in [6, 6.07) is 9.70. The summed E-state index contributed by atoms with van der Waals surface area (Å²) in [5.74, 6) is -0.428. The van der Waals surface area contributed by atoms with Gasteiger partial charge in [0.2, 0.25) is 0 Å². The molecule has 4 heteroatoms. The molecule has 0 bridgehead atoms. The Kier molecular flexibility index (Phi) is 2.46. The maximum atomic E-state index is 11.1.